The predicted octanol–water partition coefficient (Wildman–Crippen LogP) is 2.76. The maximum absolute atomic E-state index is 12.7. The molecule has 1 aliphatic rings. The Morgan fingerprint density at radius 2 is 2.05 bits per heavy atom. The highest BCUT2D eigenvalue weighted by molar-refractivity contribution is 8.00. The van der Waals surface area contributed by atoms with Crippen molar-refractivity contribution in [3.63, 3.8) is 0 Å². The summed E-state index contributed by atoms with van der Waals surface area (Å²) in [5, 5.41) is 8.93. The minimum atomic E-state index is -0.148. The summed E-state index contributed by atoms with van der Waals surface area (Å²) in [4.78, 5) is 14.7. The van der Waals surface area contributed by atoms with Crippen molar-refractivity contribution in [1.29, 1.82) is 0 Å². The normalized spacial score (nSPS) is 23.4. The number of carbonyl (C=O) groups excluding carboxylic acids is 1. The lowest BCUT2D eigenvalue weighted by Gasteiger charge is -2.36. The van der Waals surface area contributed by atoms with Gasteiger partial charge in [-0.05, 0) is 32.1 Å². The van der Waals surface area contributed by atoms with Gasteiger partial charge in [-0.2, -0.15) is 0 Å². The minimum Gasteiger partial charge on any atom is -0.341 e. The molecular formula is C16H26N4OS. The van der Waals surface area contributed by atoms with E-state index in [1.54, 1.807) is 0 Å². The molecule has 0 N–H and O–H groups in total. The third-order valence-corrected chi connectivity index (χ3v) is 5.09. The van der Waals surface area contributed by atoms with Crippen LogP contribution in [0.4, 0.5) is 0 Å². The Morgan fingerprint density at radius 3 is 2.64 bits per heavy atom. The van der Waals surface area contributed by atoms with Crippen LogP contribution in [0.1, 0.15) is 33.0 Å². The predicted molar refractivity (Wildman–Crippen MR) is 89.8 cm³/mol. The monoisotopic (exact) mass is 322 g/mol. The zero-order chi connectivity index (χ0) is 16.3. The average molecular weight is 322 g/mol. The van der Waals surface area contributed by atoms with Crippen molar-refractivity contribution >= 4 is 17.7 Å². The molecule has 3 unspecified atom stereocenters. The molecule has 122 valence electrons. The van der Waals surface area contributed by atoms with Crippen molar-refractivity contribution in [1.82, 2.24) is 19.7 Å². The van der Waals surface area contributed by atoms with Gasteiger partial charge in [0, 0.05) is 19.6 Å². The lowest BCUT2D eigenvalue weighted by molar-refractivity contribution is -0.132. The molecule has 1 aromatic rings. The molecule has 1 aromatic heterocycles. The molecule has 3 atom stereocenters. The van der Waals surface area contributed by atoms with Gasteiger partial charge in [0.2, 0.25) is 5.91 Å². The molecule has 1 amide bonds. The van der Waals surface area contributed by atoms with Gasteiger partial charge in [-0.15, -0.1) is 16.8 Å². The quantitative estimate of drug-likeness (QED) is 0.618. The number of rotatable bonds is 5. The lowest BCUT2D eigenvalue weighted by Crippen LogP contribution is -2.45. The molecular weight excluding hydrogens is 296 g/mol. The van der Waals surface area contributed by atoms with Crippen LogP contribution in [-0.2, 0) is 11.3 Å². The zero-order valence-corrected chi connectivity index (χ0v) is 14.8. The molecule has 5 nitrogen and oxygen atoms in total. The second-order valence-corrected chi connectivity index (χ2v) is 7.69. The van der Waals surface area contributed by atoms with Gasteiger partial charge < -0.3 is 9.47 Å². The van der Waals surface area contributed by atoms with Gasteiger partial charge in [-0.25, -0.2) is 0 Å². The Hall–Kier alpha value is -1.30. The van der Waals surface area contributed by atoms with Crippen molar-refractivity contribution in [2.75, 3.05) is 13.1 Å². The van der Waals surface area contributed by atoms with Gasteiger partial charge in [-0.3, -0.25) is 4.79 Å². The molecule has 0 saturated carbocycles. The fourth-order valence-corrected chi connectivity index (χ4v) is 4.08. The number of likely N-dealkylation sites (tertiary alicyclic amines) is 1. The van der Waals surface area contributed by atoms with Crippen LogP contribution in [-0.4, -0.2) is 43.9 Å². The van der Waals surface area contributed by atoms with E-state index in [1.165, 1.54) is 18.2 Å². The Labute approximate surface area is 137 Å². The third kappa shape index (κ3) is 3.91. The fraction of sp³-hybridized carbons (Fsp3) is 0.688. The number of amides is 1. The first-order valence-corrected chi connectivity index (χ1v) is 8.76. The van der Waals surface area contributed by atoms with Crippen molar-refractivity contribution < 1.29 is 4.79 Å². The summed E-state index contributed by atoms with van der Waals surface area (Å²) in [5.74, 6) is 2.21. The molecule has 0 aliphatic carbocycles. The van der Waals surface area contributed by atoms with E-state index >= 15 is 0 Å². The van der Waals surface area contributed by atoms with Crippen LogP contribution in [0.15, 0.2) is 17.8 Å². The molecule has 0 spiro atoms. The number of allylic oxidation sites excluding steroid dienone is 1. The van der Waals surface area contributed by atoms with Crippen LogP contribution in [0.2, 0.25) is 0 Å². The highest BCUT2D eigenvalue weighted by Gasteiger charge is 2.29. The molecule has 0 bridgehead atoms. The highest BCUT2D eigenvalue weighted by atomic mass is 32.2. The number of aromatic nitrogens is 3. The van der Waals surface area contributed by atoms with Crippen molar-refractivity contribution in [2.24, 2.45) is 11.8 Å². The maximum Gasteiger partial charge on any atom is 0.235 e. The molecule has 2 heterocycles. The second-order valence-electron chi connectivity index (χ2n) is 6.38. The van der Waals surface area contributed by atoms with Crippen LogP contribution in [0.5, 0.6) is 0 Å². The number of aryl methyl sites for hydroxylation is 1. The summed E-state index contributed by atoms with van der Waals surface area (Å²) in [6.07, 6.45) is 3.03. The minimum absolute atomic E-state index is 0.148. The van der Waals surface area contributed by atoms with E-state index in [0.29, 0.717) is 18.4 Å². The van der Waals surface area contributed by atoms with Crippen molar-refractivity contribution in [3.8, 4) is 0 Å². The average Bonchev–Trinajstić information content (AvgIpc) is 2.79. The number of carbonyl (C=O) groups is 1. The van der Waals surface area contributed by atoms with Gasteiger partial charge in [-0.1, -0.05) is 31.7 Å². The van der Waals surface area contributed by atoms with Crippen LogP contribution in [0.25, 0.3) is 0 Å². The smallest absolute Gasteiger partial charge is 0.235 e. The molecule has 0 aromatic carbocycles. The van der Waals surface area contributed by atoms with Gasteiger partial charge in [0.05, 0.1) is 5.25 Å². The maximum atomic E-state index is 12.7. The molecule has 0 radical (unpaired) electrons. The summed E-state index contributed by atoms with van der Waals surface area (Å²) in [6, 6.07) is 0. The Kier molecular flexibility index (Phi) is 5.67. The molecule has 22 heavy (non-hydrogen) atoms. The van der Waals surface area contributed by atoms with Crippen LogP contribution >= 0.6 is 11.8 Å². The Morgan fingerprint density at radius 1 is 1.41 bits per heavy atom. The van der Waals surface area contributed by atoms with Crippen LogP contribution in [0.3, 0.4) is 0 Å². The van der Waals surface area contributed by atoms with Crippen molar-refractivity contribution in [3.05, 3.63) is 18.5 Å². The first kappa shape index (κ1) is 17.1. The SMILES string of the molecule is C=CCn1c(C)nnc1SC(C)C(=O)N1CC(C)CC(C)C1. The van der Waals surface area contributed by atoms with Crippen LogP contribution in [0, 0.1) is 18.8 Å². The van der Waals surface area contributed by atoms with E-state index in [1.807, 2.05) is 29.4 Å². The first-order chi connectivity index (χ1) is 10.4. The number of piperidine rings is 1. The van der Waals surface area contributed by atoms with Crippen LogP contribution < -0.4 is 0 Å². The van der Waals surface area contributed by atoms with Gasteiger partial charge in [0.25, 0.3) is 0 Å². The number of hydrogen-bond donors (Lipinski definition) is 0. The number of thioether (sulfide) groups is 1. The van der Waals surface area contributed by atoms with Crippen molar-refractivity contribution in [2.45, 2.75) is 51.1 Å². The summed E-state index contributed by atoms with van der Waals surface area (Å²) >= 11 is 1.49. The Balaban J connectivity index is 2.03. The van der Waals surface area contributed by atoms with E-state index in [2.05, 4.69) is 30.6 Å². The summed E-state index contributed by atoms with van der Waals surface area (Å²) < 4.78 is 1.99. The largest absolute Gasteiger partial charge is 0.341 e. The second kappa shape index (κ2) is 7.31. The van der Waals surface area contributed by atoms with E-state index in [0.717, 1.165) is 24.1 Å². The van der Waals surface area contributed by atoms with Gasteiger partial charge in [0.1, 0.15) is 5.82 Å². The standard InChI is InChI=1S/C16H26N4OS/c1-6-7-20-14(5)17-18-16(20)22-13(4)15(21)19-9-11(2)8-12(3)10-19/h6,11-13H,1,7-10H2,2-5H3. The molecule has 1 saturated heterocycles. The summed E-state index contributed by atoms with van der Waals surface area (Å²) in [7, 11) is 0. The summed E-state index contributed by atoms with van der Waals surface area (Å²) in [6.45, 7) is 14.5. The van der Waals surface area contributed by atoms with Gasteiger partial charge in [0.15, 0.2) is 5.16 Å². The number of hydrogen-bond acceptors (Lipinski definition) is 4. The first-order valence-electron chi connectivity index (χ1n) is 7.88. The third-order valence-electron chi connectivity index (χ3n) is 4.02. The van der Waals surface area contributed by atoms with E-state index < -0.39 is 0 Å². The lowest BCUT2D eigenvalue weighted by atomic mass is 9.92. The van der Waals surface area contributed by atoms with E-state index in [9.17, 15) is 4.79 Å². The highest BCUT2D eigenvalue weighted by Crippen LogP contribution is 2.27. The Bertz CT molecular complexity index is 532. The fourth-order valence-electron chi connectivity index (χ4n) is 3.10. The van der Waals surface area contributed by atoms with Gasteiger partial charge >= 0.3 is 0 Å². The van der Waals surface area contributed by atoms with E-state index in [4.69, 9.17) is 0 Å². The zero-order valence-electron chi connectivity index (χ0n) is 14.0. The molecule has 2 rings (SSSR count). The molecule has 1 fully saturated rings. The molecule has 1 aliphatic heterocycles. The molecule has 6 heteroatoms. The van der Waals surface area contributed by atoms with E-state index in [-0.39, 0.29) is 11.2 Å². The number of nitrogens with zero attached hydrogens (tertiary/aromatic N) is 4. The topological polar surface area (TPSA) is 51.0 Å². The summed E-state index contributed by atoms with van der Waals surface area (Å²) in [5.41, 5.74) is 0.